The fraction of sp³-hybridized carbons (Fsp3) is 0.900. The largest absolute Gasteiger partial charge is 0.392 e. The van der Waals surface area contributed by atoms with Gasteiger partial charge in [0.05, 0.1) is 18.6 Å². The van der Waals surface area contributed by atoms with Crippen LogP contribution >= 0.6 is 0 Å². The molecule has 1 amide bonds. The van der Waals surface area contributed by atoms with Gasteiger partial charge in [-0.2, -0.15) is 0 Å². The molecule has 2 atom stereocenters. The summed E-state index contributed by atoms with van der Waals surface area (Å²) in [5.41, 5.74) is 0. The van der Waals surface area contributed by atoms with Crippen LogP contribution in [-0.4, -0.2) is 50.0 Å². The summed E-state index contributed by atoms with van der Waals surface area (Å²) in [5, 5.41) is 14.8. The number of aliphatic hydroxyl groups is 1. The Balaban J connectivity index is 1.97. The monoisotopic (exact) mass is 216 g/mol. The highest BCUT2D eigenvalue weighted by Crippen LogP contribution is 2.11. The van der Waals surface area contributed by atoms with Gasteiger partial charge in [0.15, 0.2) is 0 Å². The Kier molecular flexibility index (Phi) is 5.60. The summed E-state index contributed by atoms with van der Waals surface area (Å²) in [7, 11) is 0. The van der Waals surface area contributed by atoms with Crippen molar-refractivity contribution in [3.8, 4) is 0 Å². The molecule has 0 saturated carbocycles. The highest BCUT2D eigenvalue weighted by molar-refractivity contribution is 5.78. The van der Waals surface area contributed by atoms with Gasteiger partial charge in [0, 0.05) is 26.2 Å². The molecule has 1 aliphatic rings. The van der Waals surface area contributed by atoms with Crippen molar-refractivity contribution in [3.05, 3.63) is 0 Å². The molecule has 0 aromatic rings. The second kappa shape index (κ2) is 6.76. The van der Waals surface area contributed by atoms with Crippen molar-refractivity contribution in [3.63, 3.8) is 0 Å². The van der Waals surface area contributed by atoms with Crippen LogP contribution < -0.4 is 10.6 Å². The number of rotatable bonds is 6. The topological polar surface area (TPSA) is 70.6 Å². The summed E-state index contributed by atoms with van der Waals surface area (Å²) in [5.74, 6) is 0.105. The number of amides is 1. The molecule has 1 heterocycles. The van der Waals surface area contributed by atoms with Gasteiger partial charge in [0.2, 0.25) is 5.91 Å². The molecule has 0 aromatic heterocycles. The highest BCUT2D eigenvalue weighted by Gasteiger charge is 2.22. The first-order valence-electron chi connectivity index (χ1n) is 5.44. The third-order valence-electron chi connectivity index (χ3n) is 2.34. The molecule has 1 saturated heterocycles. The third kappa shape index (κ3) is 5.11. The van der Waals surface area contributed by atoms with E-state index in [1.807, 2.05) is 0 Å². The Morgan fingerprint density at radius 1 is 1.60 bits per heavy atom. The third-order valence-corrected chi connectivity index (χ3v) is 2.34. The summed E-state index contributed by atoms with van der Waals surface area (Å²) >= 11 is 0. The Bertz CT molecular complexity index is 191. The summed E-state index contributed by atoms with van der Waals surface area (Å²) in [6.07, 6.45) is 0.483. The molecule has 2 unspecified atom stereocenters. The molecule has 15 heavy (non-hydrogen) atoms. The first-order chi connectivity index (χ1) is 7.20. The highest BCUT2D eigenvalue weighted by atomic mass is 16.5. The van der Waals surface area contributed by atoms with Crippen LogP contribution in [0.4, 0.5) is 0 Å². The van der Waals surface area contributed by atoms with Gasteiger partial charge in [-0.3, -0.25) is 4.79 Å². The van der Waals surface area contributed by atoms with E-state index in [1.165, 1.54) is 0 Å². The SMILES string of the molecule is CC(O)CNCCNC(=O)C1CCOC1. The summed E-state index contributed by atoms with van der Waals surface area (Å²) < 4.78 is 5.13. The first-order valence-corrected chi connectivity index (χ1v) is 5.44. The van der Waals surface area contributed by atoms with Crippen molar-refractivity contribution < 1.29 is 14.6 Å². The average molecular weight is 216 g/mol. The van der Waals surface area contributed by atoms with E-state index in [9.17, 15) is 4.79 Å². The number of hydrogen-bond acceptors (Lipinski definition) is 4. The predicted molar refractivity (Wildman–Crippen MR) is 56.5 cm³/mol. The molecule has 1 rings (SSSR count). The van der Waals surface area contributed by atoms with Crippen LogP contribution in [0.1, 0.15) is 13.3 Å². The van der Waals surface area contributed by atoms with E-state index in [1.54, 1.807) is 6.92 Å². The number of aliphatic hydroxyl groups excluding tert-OH is 1. The van der Waals surface area contributed by atoms with Crippen molar-refractivity contribution in [2.45, 2.75) is 19.4 Å². The van der Waals surface area contributed by atoms with Gasteiger partial charge in [-0.25, -0.2) is 0 Å². The van der Waals surface area contributed by atoms with Crippen molar-refractivity contribution >= 4 is 5.91 Å². The molecule has 5 nitrogen and oxygen atoms in total. The van der Waals surface area contributed by atoms with E-state index in [0.717, 1.165) is 6.42 Å². The molecule has 88 valence electrons. The maximum absolute atomic E-state index is 11.5. The van der Waals surface area contributed by atoms with Crippen molar-refractivity contribution in [1.29, 1.82) is 0 Å². The number of carbonyl (C=O) groups excluding carboxylic acids is 1. The lowest BCUT2D eigenvalue weighted by Gasteiger charge is -2.10. The lowest BCUT2D eigenvalue weighted by atomic mass is 10.1. The molecular weight excluding hydrogens is 196 g/mol. The van der Waals surface area contributed by atoms with E-state index in [4.69, 9.17) is 9.84 Å². The Morgan fingerprint density at radius 3 is 3.00 bits per heavy atom. The predicted octanol–water partition coefficient (Wildman–Crippen LogP) is -0.890. The van der Waals surface area contributed by atoms with Gasteiger partial charge in [0.25, 0.3) is 0 Å². The van der Waals surface area contributed by atoms with Crippen LogP contribution in [0.15, 0.2) is 0 Å². The Labute approximate surface area is 90.2 Å². The minimum atomic E-state index is -0.344. The van der Waals surface area contributed by atoms with E-state index < -0.39 is 0 Å². The summed E-state index contributed by atoms with van der Waals surface area (Å²) in [6, 6.07) is 0. The minimum Gasteiger partial charge on any atom is -0.392 e. The van der Waals surface area contributed by atoms with Crippen LogP contribution in [0, 0.1) is 5.92 Å². The number of nitrogens with one attached hydrogen (secondary N) is 2. The van der Waals surface area contributed by atoms with Crippen LogP contribution in [0.25, 0.3) is 0 Å². The molecule has 0 aliphatic carbocycles. The zero-order valence-corrected chi connectivity index (χ0v) is 9.16. The molecule has 0 bridgehead atoms. The lowest BCUT2D eigenvalue weighted by Crippen LogP contribution is -2.37. The normalized spacial score (nSPS) is 22.7. The molecule has 0 aromatic carbocycles. The fourth-order valence-corrected chi connectivity index (χ4v) is 1.47. The van der Waals surface area contributed by atoms with Crippen LogP contribution in [0.2, 0.25) is 0 Å². The zero-order valence-electron chi connectivity index (χ0n) is 9.16. The van der Waals surface area contributed by atoms with E-state index in [2.05, 4.69) is 10.6 Å². The van der Waals surface area contributed by atoms with Gasteiger partial charge in [-0.15, -0.1) is 0 Å². The molecule has 1 fully saturated rings. The van der Waals surface area contributed by atoms with Gasteiger partial charge < -0.3 is 20.5 Å². The lowest BCUT2D eigenvalue weighted by molar-refractivity contribution is -0.124. The second-order valence-corrected chi connectivity index (χ2v) is 3.90. The van der Waals surface area contributed by atoms with Crippen molar-refractivity contribution in [2.75, 3.05) is 32.8 Å². The average Bonchev–Trinajstić information content (AvgIpc) is 2.69. The quantitative estimate of drug-likeness (QED) is 0.504. The van der Waals surface area contributed by atoms with Gasteiger partial charge in [0.1, 0.15) is 0 Å². The van der Waals surface area contributed by atoms with E-state index in [-0.39, 0.29) is 17.9 Å². The number of hydrogen-bond donors (Lipinski definition) is 3. The van der Waals surface area contributed by atoms with E-state index >= 15 is 0 Å². The Hall–Kier alpha value is -0.650. The smallest absolute Gasteiger partial charge is 0.225 e. The summed E-state index contributed by atoms with van der Waals surface area (Å²) in [6.45, 7) is 4.81. The first kappa shape index (κ1) is 12.4. The molecule has 0 spiro atoms. The van der Waals surface area contributed by atoms with Gasteiger partial charge in [-0.05, 0) is 13.3 Å². The molecule has 5 heteroatoms. The maximum atomic E-state index is 11.5. The van der Waals surface area contributed by atoms with E-state index in [0.29, 0.717) is 32.8 Å². The molecule has 0 radical (unpaired) electrons. The van der Waals surface area contributed by atoms with Crippen molar-refractivity contribution in [1.82, 2.24) is 10.6 Å². The van der Waals surface area contributed by atoms with Gasteiger partial charge in [-0.1, -0.05) is 0 Å². The van der Waals surface area contributed by atoms with Gasteiger partial charge >= 0.3 is 0 Å². The standard InChI is InChI=1S/C10H20N2O3/c1-8(13)6-11-3-4-12-10(14)9-2-5-15-7-9/h8-9,11,13H,2-7H2,1H3,(H,12,14). The minimum absolute atomic E-state index is 0.0294. The van der Waals surface area contributed by atoms with Crippen LogP contribution in [-0.2, 0) is 9.53 Å². The fourth-order valence-electron chi connectivity index (χ4n) is 1.47. The zero-order chi connectivity index (χ0) is 11.1. The second-order valence-electron chi connectivity index (χ2n) is 3.90. The Morgan fingerprint density at radius 2 is 2.40 bits per heavy atom. The number of ether oxygens (including phenoxy) is 1. The summed E-state index contributed by atoms with van der Waals surface area (Å²) in [4.78, 5) is 11.5. The van der Waals surface area contributed by atoms with Crippen LogP contribution in [0.5, 0.6) is 0 Å². The molecular formula is C10H20N2O3. The molecule has 1 aliphatic heterocycles. The molecule has 3 N–H and O–H groups in total. The maximum Gasteiger partial charge on any atom is 0.225 e. The number of carbonyl (C=O) groups is 1. The van der Waals surface area contributed by atoms with Crippen molar-refractivity contribution in [2.24, 2.45) is 5.92 Å². The van der Waals surface area contributed by atoms with Crippen LogP contribution in [0.3, 0.4) is 0 Å².